The summed E-state index contributed by atoms with van der Waals surface area (Å²) in [5.74, 6) is 0.982. The number of nitrogens with zero attached hydrogens (tertiary/aromatic N) is 2. The van der Waals surface area contributed by atoms with Gasteiger partial charge in [0.2, 0.25) is 0 Å². The van der Waals surface area contributed by atoms with Crippen molar-refractivity contribution in [3.05, 3.63) is 72.1 Å². The van der Waals surface area contributed by atoms with Gasteiger partial charge in [-0.1, -0.05) is 36.4 Å². The van der Waals surface area contributed by atoms with Crippen LogP contribution in [0, 0.1) is 0 Å². The minimum Gasteiger partial charge on any atom is -0.493 e. The quantitative estimate of drug-likeness (QED) is 0.786. The lowest BCUT2D eigenvalue weighted by atomic mass is 10.0. The third kappa shape index (κ3) is 3.01. The summed E-state index contributed by atoms with van der Waals surface area (Å²) in [6.45, 7) is 0.567. The second-order valence-corrected chi connectivity index (χ2v) is 6.03. The second kappa shape index (κ2) is 6.92. The molecule has 1 N–H and O–H groups in total. The predicted molar refractivity (Wildman–Crippen MR) is 96.9 cm³/mol. The fraction of sp³-hybridized carbons (Fsp3) is 0.200. The van der Waals surface area contributed by atoms with Crippen LogP contribution in [-0.4, -0.2) is 29.4 Å². The molecule has 1 aliphatic rings. The zero-order chi connectivity index (χ0) is 17.9. The van der Waals surface area contributed by atoms with Crippen LogP contribution in [0.15, 0.2) is 60.8 Å². The predicted octanol–water partition coefficient (Wildman–Crippen LogP) is 3.13. The Morgan fingerprint density at radius 3 is 2.77 bits per heavy atom. The first-order valence-corrected chi connectivity index (χ1v) is 8.48. The summed E-state index contributed by atoms with van der Waals surface area (Å²) in [7, 11) is 1.53. The zero-order valence-corrected chi connectivity index (χ0v) is 14.4. The molecule has 1 amide bonds. The van der Waals surface area contributed by atoms with Crippen molar-refractivity contribution in [2.24, 2.45) is 0 Å². The van der Waals surface area contributed by atoms with Crippen LogP contribution < -0.4 is 14.8 Å². The lowest BCUT2D eigenvalue weighted by Crippen LogP contribution is -2.32. The molecule has 6 nitrogen and oxygen atoms in total. The highest BCUT2D eigenvalue weighted by Crippen LogP contribution is 2.32. The van der Waals surface area contributed by atoms with Crippen molar-refractivity contribution in [3.63, 3.8) is 0 Å². The first-order chi connectivity index (χ1) is 12.8. The lowest BCUT2D eigenvalue weighted by molar-refractivity contribution is 0.0916. The number of carbonyl (C=O) groups is 1. The van der Waals surface area contributed by atoms with E-state index in [1.165, 1.54) is 7.11 Å². The molecule has 6 heteroatoms. The molecule has 1 aromatic heterocycles. The molecule has 0 unspecified atom stereocenters. The van der Waals surface area contributed by atoms with Crippen molar-refractivity contribution in [2.45, 2.75) is 12.5 Å². The van der Waals surface area contributed by atoms with E-state index in [9.17, 15) is 4.79 Å². The number of methoxy groups -OCH3 is 1. The number of rotatable bonds is 4. The Labute approximate surface area is 151 Å². The van der Waals surface area contributed by atoms with Crippen LogP contribution in [0.1, 0.15) is 28.5 Å². The van der Waals surface area contributed by atoms with Gasteiger partial charge in [0, 0.05) is 12.0 Å². The highest BCUT2D eigenvalue weighted by Gasteiger charge is 2.26. The zero-order valence-electron chi connectivity index (χ0n) is 14.4. The third-order valence-electron chi connectivity index (χ3n) is 4.40. The topological polar surface area (TPSA) is 65.4 Å². The van der Waals surface area contributed by atoms with Crippen molar-refractivity contribution in [1.29, 1.82) is 0 Å². The van der Waals surface area contributed by atoms with E-state index in [1.807, 2.05) is 54.6 Å². The summed E-state index contributed by atoms with van der Waals surface area (Å²) in [6, 6.07) is 17.2. The summed E-state index contributed by atoms with van der Waals surface area (Å²) >= 11 is 0. The largest absolute Gasteiger partial charge is 0.493 e. The molecule has 0 saturated heterocycles. The number of carbonyl (C=O) groups excluding carboxylic acids is 1. The molecule has 0 radical (unpaired) electrons. The average Bonchev–Trinajstić information content (AvgIpc) is 3.14. The van der Waals surface area contributed by atoms with Gasteiger partial charge in [-0.25, -0.2) is 4.68 Å². The maximum absolute atomic E-state index is 12.8. The van der Waals surface area contributed by atoms with E-state index in [2.05, 4.69) is 10.4 Å². The van der Waals surface area contributed by atoms with Crippen molar-refractivity contribution in [2.75, 3.05) is 13.7 Å². The molecule has 2 heterocycles. The third-order valence-corrected chi connectivity index (χ3v) is 4.40. The standard InChI is InChI=1S/C20H19N3O3/c1-25-18-13-23(14-7-3-2-4-8-14)22-19(18)20(24)21-16-11-12-26-17-10-6-5-9-15(16)17/h2-10,13,16H,11-12H2,1H3,(H,21,24)/t16-/m1/s1. The smallest absolute Gasteiger partial charge is 0.276 e. The lowest BCUT2D eigenvalue weighted by Gasteiger charge is -2.26. The molecule has 1 aliphatic heterocycles. The van der Waals surface area contributed by atoms with Crippen molar-refractivity contribution in [1.82, 2.24) is 15.1 Å². The Morgan fingerprint density at radius 2 is 1.96 bits per heavy atom. The normalized spacial score (nSPS) is 15.7. The van der Waals surface area contributed by atoms with Gasteiger partial charge in [0.25, 0.3) is 5.91 Å². The molecule has 3 aromatic rings. The number of benzene rings is 2. The number of amides is 1. The summed E-state index contributed by atoms with van der Waals surface area (Å²) in [5.41, 5.74) is 2.11. The average molecular weight is 349 g/mol. The molecule has 0 spiro atoms. The molecular weight excluding hydrogens is 330 g/mol. The van der Waals surface area contributed by atoms with E-state index in [4.69, 9.17) is 9.47 Å². The van der Waals surface area contributed by atoms with Crippen molar-refractivity contribution in [3.8, 4) is 17.2 Å². The molecule has 1 atom stereocenters. The molecule has 0 bridgehead atoms. The molecule has 26 heavy (non-hydrogen) atoms. The van der Waals surface area contributed by atoms with Crippen LogP contribution in [0.5, 0.6) is 11.5 Å². The van der Waals surface area contributed by atoms with E-state index < -0.39 is 0 Å². The van der Waals surface area contributed by atoms with Crippen LogP contribution in [-0.2, 0) is 0 Å². The Bertz CT molecular complexity index is 921. The molecule has 132 valence electrons. The Morgan fingerprint density at radius 1 is 1.19 bits per heavy atom. The van der Waals surface area contributed by atoms with E-state index in [1.54, 1.807) is 10.9 Å². The second-order valence-electron chi connectivity index (χ2n) is 6.03. The number of fused-ring (bicyclic) bond motifs is 1. The van der Waals surface area contributed by atoms with Gasteiger partial charge in [0.15, 0.2) is 11.4 Å². The number of hydrogen-bond donors (Lipinski definition) is 1. The van der Waals surface area contributed by atoms with Crippen LogP contribution in [0.25, 0.3) is 5.69 Å². The highest BCUT2D eigenvalue weighted by molar-refractivity contribution is 5.95. The molecule has 0 aliphatic carbocycles. The highest BCUT2D eigenvalue weighted by atomic mass is 16.5. The Hall–Kier alpha value is -3.28. The molecule has 2 aromatic carbocycles. The monoisotopic (exact) mass is 349 g/mol. The van der Waals surface area contributed by atoms with Crippen LogP contribution in [0.4, 0.5) is 0 Å². The maximum atomic E-state index is 12.8. The van der Waals surface area contributed by atoms with Gasteiger partial charge >= 0.3 is 0 Å². The van der Waals surface area contributed by atoms with Crippen LogP contribution in [0.3, 0.4) is 0 Å². The van der Waals surface area contributed by atoms with Gasteiger partial charge < -0.3 is 14.8 Å². The fourth-order valence-electron chi connectivity index (χ4n) is 3.10. The van der Waals surface area contributed by atoms with Crippen LogP contribution in [0.2, 0.25) is 0 Å². The Kier molecular flexibility index (Phi) is 4.31. The Balaban J connectivity index is 1.60. The maximum Gasteiger partial charge on any atom is 0.276 e. The number of ether oxygens (including phenoxy) is 2. The van der Waals surface area contributed by atoms with Crippen LogP contribution >= 0.6 is 0 Å². The number of para-hydroxylation sites is 2. The molecule has 0 saturated carbocycles. The van der Waals surface area contributed by atoms with E-state index in [0.717, 1.165) is 17.0 Å². The fourth-order valence-corrected chi connectivity index (χ4v) is 3.10. The summed E-state index contributed by atoms with van der Waals surface area (Å²) in [4.78, 5) is 12.8. The van der Waals surface area contributed by atoms with Gasteiger partial charge in [0.1, 0.15) is 5.75 Å². The van der Waals surface area contributed by atoms with Gasteiger partial charge in [-0.05, 0) is 18.2 Å². The van der Waals surface area contributed by atoms with E-state index in [0.29, 0.717) is 18.8 Å². The van der Waals surface area contributed by atoms with Crippen molar-refractivity contribution < 1.29 is 14.3 Å². The molecule has 0 fully saturated rings. The number of nitrogens with one attached hydrogen (secondary N) is 1. The molecular formula is C20H19N3O3. The van der Waals surface area contributed by atoms with Gasteiger partial charge in [0.05, 0.1) is 31.6 Å². The summed E-state index contributed by atoms with van der Waals surface area (Å²) in [5, 5.41) is 7.48. The molecule has 4 rings (SSSR count). The SMILES string of the molecule is COc1cn(-c2ccccc2)nc1C(=O)N[C@@H]1CCOc2ccccc21. The summed E-state index contributed by atoms with van der Waals surface area (Å²) in [6.07, 6.45) is 2.42. The van der Waals surface area contributed by atoms with Gasteiger partial charge in [-0.3, -0.25) is 4.79 Å². The first-order valence-electron chi connectivity index (χ1n) is 8.48. The van der Waals surface area contributed by atoms with Crippen molar-refractivity contribution >= 4 is 5.91 Å². The minimum absolute atomic E-state index is 0.112. The van der Waals surface area contributed by atoms with Gasteiger partial charge in [-0.2, -0.15) is 5.10 Å². The first kappa shape index (κ1) is 16.2. The van der Waals surface area contributed by atoms with Gasteiger partial charge in [-0.15, -0.1) is 0 Å². The number of hydrogen-bond acceptors (Lipinski definition) is 4. The van der Waals surface area contributed by atoms with E-state index in [-0.39, 0.29) is 17.6 Å². The number of aromatic nitrogens is 2. The van der Waals surface area contributed by atoms with E-state index >= 15 is 0 Å². The minimum atomic E-state index is -0.266. The summed E-state index contributed by atoms with van der Waals surface area (Å²) < 4.78 is 12.7.